The Balaban J connectivity index is 1.75. The highest BCUT2D eigenvalue weighted by Crippen LogP contribution is 2.24. The molecule has 1 aliphatic rings. The van der Waals surface area contributed by atoms with E-state index in [2.05, 4.69) is 0 Å². The Bertz CT molecular complexity index is 1080. The third kappa shape index (κ3) is 3.58. The van der Waals surface area contributed by atoms with E-state index in [1.54, 1.807) is 18.2 Å². The third-order valence-electron chi connectivity index (χ3n) is 4.38. The summed E-state index contributed by atoms with van der Waals surface area (Å²) < 4.78 is 66.4. The van der Waals surface area contributed by atoms with Gasteiger partial charge < -0.3 is 4.90 Å². The van der Waals surface area contributed by atoms with Crippen molar-refractivity contribution >= 4 is 15.9 Å². The number of halogens is 3. The number of hydrogen-bond acceptors (Lipinski definition) is 4. The molecular weight excluding hydrogens is 395 g/mol. The summed E-state index contributed by atoms with van der Waals surface area (Å²) in [6.45, 7) is -0.213. The lowest BCUT2D eigenvalue weighted by molar-refractivity contribution is 0.0697. The molecule has 10 heteroatoms. The van der Waals surface area contributed by atoms with Crippen molar-refractivity contribution in [3.63, 3.8) is 0 Å². The summed E-state index contributed by atoms with van der Waals surface area (Å²) in [7, 11) is -4.39. The van der Waals surface area contributed by atoms with Crippen LogP contribution in [0.15, 0.2) is 41.3 Å². The van der Waals surface area contributed by atoms with Crippen LogP contribution >= 0.6 is 0 Å². The maximum atomic E-state index is 13.9. The van der Waals surface area contributed by atoms with Gasteiger partial charge in [0.1, 0.15) is 4.90 Å². The Morgan fingerprint density at radius 1 is 1.00 bits per heavy atom. The van der Waals surface area contributed by atoms with Crippen molar-refractivity contribution in [2.75, 3.05) is 26.2 Å². The van der Waals surface area contributed by atoms with Gasteiger partial charge in [-0.1, -0.05) is 6.07 Å². The molecule has 0 bridgehead atoms. The fourth-order valence-corrected chi connectivity index (χ4v) is 4.36. The van der Waals surface area contributed by atoms with Gasteiger partial charge >= 0.3 is 0 Å². The summed E-state index contributed by atoms with van der Waals surface area (Å²) in [5.41, 5.74) is 0.614. The lowest BCUT2D eigenvalue weighted by Crippen LogP contribution is -2.50. The normalized spacial score (nSPS) is 15.3. The van der Waals surface area contributed by atoms with Gasteiger partial charge in [-0.15, -0.1) is 0 Å². The van der Waals surface area contributed by atoms with Gasteiger partial charge in [0.25, 0.3) is 5.91 Å². The monoisotopic (exact) mass is 409 g/mol. The van der Waals surface area contributed by atoms with Gasteiger partial charge in [0.05, 0.1) is 11.6 Å². The summed E-state index contributed by atoms with van der Waals surface area (Å²) in [5.74, 6) is -5.47. The fraction of sp³-hybridized carbons (Fsp3) is 0.222. The second-order valence-electron chi connectivity index (χ2n) is 6.06. The first-order valence-electron chi connectivity index (χ1n) is 8.19. The fourth-order valence-electron chi connectivity index (χ4n) is 2.88. The zero-order valence-electron chi connectivity index (χ0n) is 14.4. The zero-order chi connectivity index (χ0) is 20.5. The van der Waals surface area contributed by atoms with Gasteiger partial charge in [-0.05, 0) is 30.3 Å². The quantitative estimate of drug-likeness (QED) is 0.728. The maximum Gasteiger partial charge on any atom is 0.253 e. The van der Waals surface area contributed by atoms with Crippen LogP contribution in [0.25, 0.3) is 0 Å². The Hall–Kier alpha value is -2.90. The number of amides is 1. The first-order chi connectivity index (χ1) is 13.3. The average molecular weight is 409 g/mol. The van der Waals surface area contributed by atoms with Crippen LogP contribution in [0.4, 0.5) is 13.2 Å². The van der Waals surface area contributed by atoms with Gasteiger partial charge in [0, 0.05) is 31.7 Å². The summed E-state index contributed by atoms with van der Waals surface area (Å²) >= 11 is 0. The molecule has 0 atom stereocenters. The van der Waals surface area contributed by atoms with Gasteiger partial charge in [-0.25, -0.2) is 21.6 Å². The second-order valence-corrected chi connectivity index (χ2v) is 7.97. The third-order valence-corrected chi connectivity index (χ3v) is 6.30. The van der Waals surface area contributed by atoms with Crippen LogP contribution in [-0.2, 0) is 10.0 Å². The lowest BCUT2D eigenvalue weighted by atomic mass is 10.1. The smallest absolute Gasteiger partial charge is 0.253 e. The van der Waals surface area contributed by atoms with Crippen molar-refractivity contribution in [1.82, 2.24) is 9.21 Å². The van der Waals surface area contributed by atoms with Gasteiger partial charge in [0.2, 0.25) is 10.0 Å². The molecule has 2 aromatic rings. The predicted octanol–water partition coefficient (Wildman–Crippen LogP) is 2.12. The van der Waals surface area contributed by atoms with Crippen LogP contribution in [0.3, 0.4) is 0 Å². The molecule has 0 radical (unpaired) electrons. The predicted molar refractivity (Wildman–Crippen MR) is 92.1 cm³/mol. The number of carbonyl (C=O) groups is 1. The number of piperazine rings is 1. The topological polar surface area (TPSA) is 81.5 Å². The summed E-state index contributed by atoms with van der Waals surface area (Å²) in [6.07, 6.45) is 0. The molecular formula is C18H14F3N3O3S. The van der Waals surface area contributed by atoms with Crippen molar-refractivity contribution in [1.29, 1.82) is 5.26 Å². The van der Waals surface area contributed by atoms with E-state index in [9.17, 15) is 26.4 Å². The molecule has 1 fully saturated rings. The molecule has 3 rings (SSSR count). The zero-order valence-corrected chi connectivity index (χ0v) is 15.2. The van der Waals surface area contributed by atoms with Gasteiger partial charge in [0.15, 0.2) is 17.5 Å². The molecule has 28 heavy (non-hydrogen) atoms. The maximum absolute atomic E-state index is 13.9. The van der Waals surface area contributed by atoms with E-state index >= 15 is 0 Å². The SMILES string of the molecule is N#Cc1cccc(C(=O)N2CCN(S(=O)(=O)c3ccc(F)c(F)c3F)CC2)c1. The minimum absolute atomic E-state index is 0.0279. The van der Waals surface area contributed by atoms with Crippen molar-refractivity contribution in [2.45, 2.75) is 4.90 Å². The number of nitrogens with zero attached hydrogens (tertiary/aromatic N) is 3. The molecule has 6 nitrogen and oxygen atoms in total. The van der Waals surface area contributed by atoms with Crippen LogP contribution in [-0.4, -0.2) is 49.7 Å². The molecule has 0 N–H and O–H groups in total. The standard InChI is InChI=1S/C18H14F3N3O3S/c19-14-4-5-15(17(21)16(14)20)28(26,27)24-8-6-23(7-9-24)18(25)13-3-1-2-12(10-13)11-22/h1-5,10H,6-9H2. The molecule has 1 saturated heterocycles. The van der Waals surface area contributed by atoms with E-state index < -0.39 is 32.4 Å². The number of sulfonamides is 1. The molecule has 0 unspecified atom stereocenters. The Morgan fingerprint density at radius 2 is 1.68 bits per heavy atom. The van der Waals surface area contributed by atoms with Gasteiger partial charge in [-0.3, -0.25) is 4.79 Å². The highest BCUT2D eigenvalue weighted by molar-refractivity contribution is 7.89. The van der Waals surface area contributed by atoms with Crippen LogP contribution in [0.1, 0.15) is 15.9 Å². The number of nitriles is 1. The van der Waals surface area contributed by atoms with Crippen molar-refractivity contribution in [2.24, 2.45) is 0 Å². The first-order valence-corrected chi connectivity index (χ1v) is 9.63. The molecule has 0 spiro atoms. The number of hydrogen-bond donors (Lipinski definition) is 0. The molecule has 0 aliphatic carbocycles. The Labute approximate surface area is 159 Å². The van der Waals surface area contributed by atoms with Crippen LogP contribution in [0.5, 0.6) is 0 Å². The molecule has 2 aromatic carbocycles. The van der Waals surface area contributed by atoms with Gasteiger partial charge in [-0.2, -0.15) is 9.57 Å². The highest BCUT2D eigenvalue weighted by atomic mass is 32.2. The number of rotatable bonds is 3. The van der Waals surface area contributed by atoms with Crippen LogP contribution < -0.4 is 0 Å². The Morgan fingerprint density at radius 3 is 2.32 bits per heavy atom. The molecule has 0 aromatic heterocycles. The number of benzene rings is 2. The number of carbonyl (C=O) groups excluding carboxylic acids is 1. The van der Waals surface area contributed by atoms with E-state index in [1.807, 2.05) is 6.07 Å². The van der Waals surface area contributed by atoms with E-state index in [0.29, 0.717) is 23.3 Å². The Kier molecular flexibility index (Phi) is 5.40. The van der Waals surface area contributed by atoms with Crippen molar-refractivity contribution in [3.05, 3.63) is 65.0 Å². The molecule has 1 heterocycles. The average Bonchev–Trinajstić information content (AvgIpc) is 2.71. The van der Waals surface area contributed by atoms with E-state index in [0.717, 1.165) is 4.31 Å². The lowest BCUT2D eigenvalue weighted by Gasteiger charge is -2.34. The largest absolute Gasteiger partial charge is 0.336 e. The van der Waals surface area contributed by atoms with Crippen LogP contribution in [0, 0.1) is 28.8 Å². The molecule has 1 amide bonds. The van der Waals surface area contributed by atoms with E-state index in [4.69, 9.17) is 5.26 Å². The summed E-state index contributed by atoms with van der Waals surface area (Å²) in [5, 5.41) is 8.92. The molecule has 146 valence electrons. The molecule has 1 aliphatic heterocycles. The summed E-state index contributed by atoms with van der Waals surface area (Å²) in [4.78, 5) is 13.0. The molecule has 0 saturated carbocycles. The van der Waals surface area contributed by atoms with E-state index in [-0.39, 0.29) is 32.1 Å². The van der Waals surface area contributed by atoms with Crippen molar-refractivity contribution < 1.29 is 26.4 Å². The van der Waals surface area contributed by atoms with E-state index in [1.165, 1.54) is 11.0 Å². The first kappa shape index (κ1) is 19.9. The second kappa shape index (κ2) is 7.61. The highest BCUT2D eigenvalue weighted by Gasteiger charge is 2.33. The minimum atomic E-state index is -4.39. The summed E-state index contributed by atoms with van der Waals surface area (Å²) in [6, 6.07) is 9.25. The van der Waals surface area contributed by atoms with Crippen LogP contribution in [0.2, 0.25) is 0 Å². The minimum Gasteiger partial charge on any atom is -0.336 e. The van der Waals surface area contributed by atoms with Crippen molar-refractivity contribution in [3.8, 4) is 6.07 Å².